The molecule has 0 atom stereocenters. The molecule has 0 saturated heterocycles. The topological polar surface area (TPSA) is 63.6 Å². The van der Waals surface area contributed by atoms with Crippen LogP contribution in [0.15, 0.2) is 0 Å². The Balaban J connectivity index is 0. The minimum atomic E-state index is -1.06. The van der Waals surface area contributed by atoms with Gasteiger partial charge in [-0.1, -0.05) is 0 Å². The van der Waals surface area contributed by atoms with Crippen LogP contribution in [0, 0.1) is 0 Å². The van der Waals surface area contributed by atoms with E-state index in [1.54, 1.807) is 0 Å². The van der Waals surface area contributed by atoms with Crippen molar-refractivity contribution in [3.63, 3.8) is 0 Å². The van der Waals surface area contributed by atoms with Gasteiger partial charge in [-0.2, -0.15) is 0 Å². The van der Waals surface area contributed by atoms with Crippen molar-refractivity contribution in [3.05, 3.63) is 0 Å². The number of carboxylic acids is 1. The van der Waals surface area contributed by atoms with Gasteiger partial charge < -0.3 is 5.11 Å². The normalized spacial score (nSPS) is 8.50. The molecule has 82 valence electrons. The molecule has 0 rings (SSSR count). The van der Waals surface area contributed by atoms with Crippen LogP contribution in [0.2, 0.25) is 4.13 Å². The summed E-state index contributed by atoms with van der Waals surface area (Å²) in [6.45, 7) is 6.59. The summed E-state index contributed by atoms with van der Waals surface area (Å²) in [6, 6.07) is 0. The van der Waals surface area contributed by atoms with Crippen LogP contribution in [-0.2, 0) is 36.1 Å². The molecule has 0 fully saturated rings. The molecule has 0 unspecified atom stereocenters. The number of rotatable bonds is 6. The van der Waals surface area contributed by atoms with Crippen molar-refractivity contribution in [1.82, 2.24) is 0 Å². The molecule has 14 heavy (non-hydrogen) atoms. The van der Waals surface area contributed by atoms with E-state index in [1.807, 2.05) is 0 Å². The van der Waals surface area contributed by atoms with Gasteiger partial charge in [0.15, 0.2) is 0 Å². The van der Waals surface area contributed by atoms with Crippen LogP contribution >= 0.6 is 0 Å². The number of ketones is 1. The number of Topliss-reactive ketones (excluding diaryl/α,β-unsaturated/α-hetero) is 1. The van der Waals surface area contributed by atoms with Crippen molar-refractivity contribution >= 4 is 11.8 Å². The van der Waals surface area contributed by atoms with E-state index < -0.39 is 5.97 Å². The molecular weight excluding hydrogens is 263 g/mol. The van der Waals surface area contributed by atoms with Gasteiger partial charge in [-0.3, -0.25) is 9.59 Å². The van der Waals surface area contributed by atoms with Gasteiger partial charge in [-0.25, -0.2) is 0 Å². The summed E-state index contributed by atoms with van der Waals surface area (Å²) in [6.07, 6.45) is 0.820. The minimum absolute atomic E-state index is 0.312. The fourth-order valence-electron chi connectivity index (χ4n) is 0.489. The van der Waals surface area contributed by atoms with E-state index in [2.05, 4.69) is 13.8 Å². The average molecular weight is 281 g/mol. The van der Waals surface area contributed by atoms with E-state index in [4.69, 9.17) is 7.92 Å². The number of carbonyl (C=O) groups is 2. The molecule has 0 amide bonds. The zero-order valence-corrected chi connectivity index (χ0v) is 11.5. The van der Waals surface area contributed by atoms with E-state index in [9.17, 15) is 9.59 Å². The number of hydrogen-bond donors (Lipinski definition) is 1. The first-order valence-corrected chi connectivity index (χ1v) is 7.34. The number of carboxylic acid groups (broad SMARTS) is 1. The summed E-state index contributed by atoms with van der Waals surface area (Å²) >= 11 is -0.316. The molecule has 0 aromatic carbocycles. The zero-order valence-electron chi connectivity index (χ0n) is 9.00. The Morgan fingerprint density at radius 3 is 2.14 bits per heavy atom. The first-order valence-electron chi connectivity index (χ1n) is 4.60. The monoisotopic (exact) mass is 280 g/mol. The molecule has 5 heteroatoms. The van der Waals surface area contributed by atoms with E-state index in [0.717, 1.165) is 6.61 Å². The van der Waals surface area contributed by atoms with Crippen LogP contribution in [0.4, 0.5) is 0 Å². The van der Waals surface area contributed by atoms with E-state index in [-0.39, 0.29) is 35.9 Å². The maximum absolute atomic E-state index is 9.87. The van der Waals surface area contributed by atoms with Gasteiger partial charge in [0.2, 0.25) is 0 Å². The van der Waals surface area contributed by atoms with Crippen LogP contribution in [0.5, 0.6) is 0 Å². The maximum atomic E-state index is 9.87. The molecule has 0 radical (unpaired) electrons. The van der Waals surface area contributed by atoms with Crippen LogP contribution in [-0.4, -0.2) is 23.5 Å². The van der Waals surface area contributed by atoms with Crippen LogP contribution in [0.3, 0.4) is 0 Å². The summed E-state index contributed by atoms with van der Waals surface area (Å²) in [5, 5.41) is 7.86. The van der Waals surface area contributed by atoms with E-state index in [1.165, 1.54) is 17.5 Å². The molecule has 0 aromatic heterocycles. The standard InChI is InChI=1S/C4H6O3.C3H7O.C2H5.Zr/c1-3(5)2-4(6)7;1-2-3-4;1-2;/h2H2,1H3,(H,6,7);2-3H2,1H3;1H2,2H3;/q;-1;;+1. The van der Waals surface area contributed by atoms with E-state index >= 15 is 0 Å². The first kappa shape index (κ1) is 16.4. The number of hydrogen-bond acceptors (Lipinski definition) is 3. The summed E-state index contributed by atoms with van der Waals surface area (Å²) in [4.78, 5) is 19.5. The molecular formula is C9H18O4Zr. The van der Waals surface area contributed by atoms with Crippen molar-refractivity contribution in [2.75, 3.05) is 6.61 Å². The molecule has 0 saturated carbocycles. The van der Waals surface area contributed by atoms with Gasteiger partial charge in [-0.15, -0.1) is 0 Å². The summed E-state index contributed by atoms with van der Waals surface area (Å²) in [5.41, 5.74) is 0. The second-order valence-corrected chi connectivity index (χ2v) is 5.78. The molecule has 0 bridgehead atoms. The zero-order chi connectivity index (χ0) is 11.4. The van der Waals surface area contributed by atoms with Gasteiger partial charge in [0.1, 0.15) is 12.2 Å². The van der Waals surface area contributed by atoms with Gasteiger partial charge in [0, 0.05) is 0 Å². The van der Waals surface area contributed by atoms with Crippen LogP contribution < -0.4 is 0 Å². The van der Waals surface area contributed by atoms with Crippen LogP contribution in [0.1, 0.15) is 33.6 Å². The predicted molar refractivity (Wildman–Crippen MR) is 49.7 cm³/mol. The van der Waals surface area contributed by atoms with Crippen molar-refractivity contribution in [1.29, 1.82) is 0 Å². The third kappa shape index (κ3) is 22.7. The molecule has 0 aromatic rings. The third-order valence-corrected chi connectivity index (χ3v) is 2.67. The average Bonchev–Trinajstić information content (AvgIpc) is 2.04. The quantitative estimate of drug-likeness (QED) is 0.596. The summed E-state index contributed by atoms with van der Waals surface area (Å²) < 4.78 is 6.61. The molecule has 1 N–H and O–H groups in total. The van der Waals surface area contributed by atoms with Gasteiger partial charge >= 0.3 is 63.5 Å². The van der Waals surface area contributed by atoms with Gasteiger partial charge in [0.05, 0.1) is 0 Å². The number of carbonyl (C=O) groups excluding carboxylic acids is 1. The Labute approximate surface area is 97.2 Å². The van der Waals surface area contributed by atoms with Crippen LogP contribution in [0.25, 0.3) is 0 Å². The van der Waals surface area contributed by atoms with Gasteiger partial charge in [0.25, 0.3) is 0 Å². The van der Waals surface area contributed by atoms with E-state index in [0.29, 0.717) is 0 Å². The Bertz CT molecular complexity index is 143. The van der Waals surface area contributed by atoms with Crippen molar-refractivity contribution in [3.8, 4) is 0 Å². The summed E-state index contributed by atoms with van der Waals surface area (Å²) in [7, 11) is 0. The van der Waals surface area contributed by atoms with Crippen molar-refractivity contribution < 1.29 is 41.2 Å². The molecule has 0 spiro atoms. The fourth-order valence-corrected chi connectivity index (χ4v) is 1.85. The Kier molecular flexibility index (Phi) is 15.2. The molecule has 0 aliphatic heterocycles. The molecule has 0 aliphatic rings. The SMILES string of the molecule is CC(=O)CC(=O)O.CCC[O][Zr][CH2]C. The second kappa shape index (κ2) is 13.0. The van der Waals surface area contributed by atoms with Crippen molar-refractivity contribution in [2.45, 2.75) is 37.7 Å². The number of aliphatic carboxylic acids is 1. The third-order valence-electron chi connectivity index (χ3n) is 0.953. The molecule has 4 nitrogen and oxygen atoms in total. The molecule has 0 aliphatic carbocycles. The Morgan fingerprint density at radius 1 is 1.36 bits per heavy atom. The van der Waals surface area contributed by atoms with Gasteiger partial charge in [-0.05, 0) is 6.92 Å². The predicted octanol–water partition coefficient (Wildman–Crippen LogP) is 1.90. The van der Waals surface area contributed by atoms with Crippen molar-refractivity contribution in [2.24, 2.45) is 0 Å². The first-order chi connectivity index (χ1) is 6.54. The Hall–Kier alpha value is -0.0169. The fraction of sp³-hybridized carbons (Fsp3) is 0.778. The molecule has 0 heterocycles. The summed E-state index contributed by atoms with van der Waals surface area (Å²) in [5.74, 6) is -1.37. The Morgan fingerprint density at radius 2 is 1.93 bits per heavy atom. The second-order valence-electron chi connectivity index (χ2n) is 2.62.